The molecule has 1 aromatic heterocycles. The van der Waals surface area contributed by atoms with Gasteiger partial charge in [-0.1, -0.05) is 5.16 Å². The van der Waals surface area contributed by atoms with E-state index in [2.05, 4.69) is 25.3 Å². The highest BCUT2D eigenvalue weighted by molar-refractivity contribution is 5.70. The zero-order chi connectivity index (χ0) is 17.0. The van der Waals surface area contributed by atoms with Gasteiger partial charge in [0, 0.05) is 44.6 Å². The average Bonchev–Trinajstić information content (AvgIpc) is 3.27. The number of carbonyl (C=O) groups is 1. The first-order valence-electron chi connectivity index (χ1n) is 9.38. The molecule has 25 heavy (non-hydrogen) atoms. The molecule has 8 heteroatoms. The second kappa shape index (κ2) is 5.59. The molecular formula is C17H25N5O3. The van der Waals surface area contributed by atoms with E-state index < -0.39 is 0 Å². The fraction of sp³-hybridized carbons (Fsp3) is 0.824. The van der Waals surface area contributed by atoms with Crippen molar-refractivity contribution >= 4 is 12.1 Å². The highest BCUT2D eigenvalue weighted by atomic mass is 16.6. The summed E-state index contributed by atoms with van der Waals surface area (Å²) in [7, 11) is 0. The van der Waals surface area contributed by atoms with Crippen LogP contribution in [0, 0.1) is 12.8 Å². The molecular weight excluding hydrogens is 322 g/mol. The minimum Gasteiger partial charge on any atom is -0.441 e. The van der Waals surface area contributed by atoms with Crippen LogP contribution in [0.1, 0.15) is 37.9 Å². The molecule has 1 N–H and O–H groups in total. The van der Waals surface area contributed by atoms with Crippen molar-refractivity contribution in [3.63, 3.8) is 0 Å². The first kappa shape index (κ1) is 15.4. The number of nitrogens with zero attached hydrogens (tertiary/aromatic N) is 4. The molecule has 3 atom stereocenters. The van der Waals surface area contributed by atoms with Crippen LogP contribution in [0.25, 0.3) is 0 Å². The number of nitrogens with one attached hydrogen (secondary N) is 1. The maximum Gasteiger partial charge on any atom is 0.407 e. The van der Waals surface area contributed by atoms with Gasteiger partial charge in [0.05, 0.1) is 6.54 Å². The molecule has 4 heterocycles. The minimum atomic E-state index is -0.255. The highest BCUT2D eigenvalue weighted by Gasteiger charge is 2.47. The van der Waals surface area contributed by atoms with E-state index in [9.17, 15) is 4.79 Å². The van der Waals surface area contributed by atoms with Crippen molar-refractivity contribution in [2.75, 3.05) is 31.1 Å². The quantitative estimate of drug-likeness (QED) is 0.863. The van der Waals surface area contributed by atoms with Gasteiger partial charge in [-0.3, -0.25) is 4.90 Å². The Kier molecular flexibility index (Phi) is 3.45. The van der Waals surface area contributed by atoms with E-state index in [1.54, 1.807) is 0 Å². The van der Waals surface area contributed by atoms with Crippen LogP contribution in [-0.2, 0) is 4.74 Å². The third-order valence-electron chi connectivity index (χ3n) is 6.50. The number of alkyl carbamates (subject to hydrolysis) is 1. The van der Waals surface area contributed by atoms with Crippen molar-refractivity contribution in [1.82, 2.24) is 20.4 Å². The first-order chi connectivity index (χ1) is 12.1. The molecule has 8 nitrogen and oxygen atoms in total. The van der Waals surface area contributed by atoms with Crippen molar-refractivity contribution < 1.29 is 14.1 Å². The fourth-order valence-corrected chi connectivity index (χ4v) is 5.22. The van der Waals surface area contributed by atoms with Crippen molar-refractivity contribution in [2.45, 2.75) is 56.7 Å². The van der Waals surface area contributed by atoms with Gasteiger partial charge in [0.15, 0.2) is 5.82 Å². The molecule has 1 aromatic rings. The number of carbonyl (C=O) groups excluding carboxylic acids is 1. The van der Waals surface area contributed by atoms with Gasteiger partial charge >= 0.3 is 12.1 Å². The summed E-state index contributed by atoms with van der Waals surface area (Å²) in [6.45, 7) is 5.59. The number of aryl methyl sites for hydroxylation is 1. The number of anilines is 1. The first-order valence-corrected chi connectivity index (χ1v) is 9.38. The summed E-state index contributed by atoms with van der Waals surface area (Å²) >= 11 is 0. The molecule has 1 amide bonds. The van der Waals surface area contributed by atoms with E-state index in [0.717, 1.165) is 38.9 Å². The van der Waals surface area contributed by atoms with Gasteiger partial charge in [0.1, 0.15) is 5.60 Å². The molecule has 3 saturated heterocycles. The number of aromatic nitrogens is 2. The number of rotatable bonds is 2. The molecule has 5 rings (SSSR count). The van der Waals surface area contributed by atoms with Gasteiger partial charge in [0.25, 0.3) is 0 Å². The number of hydrogen-bond acceptors (Lipinski definition) is 7. The average molecular weight is 347 g/mol. The molecule has 0 aromatic carbocycles. The summed E-state index contributed by atoms with van der Waals surface area (Å²) in [5, 5.41) is 6.76. The Bertz CT molecular complexity index is 669. The Morgan fingerprint density at radius 3 is 2.68 bits per heavy atom. The molecule has 4 fully saturated rings. The number of hydrogen-bond donors (Lipinski definition) is 1. The molecule has 1 aliphatic carbocycles. The maximum atomic E-state index is 11.4. The second-order valence-corrected chi connectivity index (χ2v) is 8.12. The third-order valence-corrected chi connectivity index (χ3v) is 6.50. The Morgan fingerprint density at radius 1 is 1.20 bits per heavy atom. The van der Waals surface area contributed by atoms with Crippen LogP contribution in [-0.4, -0.2) is 65.0 Å². The summed E-state index contributed by atoms with van der Waals surface area (Å²) in [5.41, 5.74) is -0.255. The molecule has 2 bridgehead atoms. The lowest BCUT2D eigenvalue weighted by atomic mass is 9.83. The van der Waals surface area contributed by atoms with Gasteiger partial charge in [-0.2, -0.15) is 4.98 Å². The smallest absolute Gasteiger partial charge is 0.407 e. The summed E-state index contributed by atoms with van der Waals surface area (Å²) < 4.78 is 11.0. The van der Waals surface area contributed by atoms with Gasteiger partial charge in [0.2, 0.25) is 0 Å². The molecule has 1 spiro atoms. The van der Waals surface area contributed by atoms with E-state index >= 15 is 0 Å². The van der Waals surface area contributed by atoms with E-state index in [4.69, 9.17) is 9.26 Å². The van der Waals surface area contributed by atoms with Crippen LogP contribution in [0.3, 0.4) is 0 Å². The standard InChI is InChI=1S/C17H25N5O3/c1-11-19-15(25-20-11)22-9-12-6-13(8-14(22)7-12)21-4-2-17(3-5-21)10-18-16(23)24-17/h12-14H,2-10H2,1H3,(H,18,23). The number of ether oxygens (including phenoxy) is 1. The zero-order valence-electron chi connectivity index (χ0n) is 14.6. The second-order valence-electron chi connectivity index (χ2n) is 8.12. The summed E-state index contributed by atoms with van der Waals surface area (Å²) in [4.78, 5) is 20.7. The molecule has 3 unspecified atom stereocenters. The predicted molar refractivity (Wildman–Crippen MR) is 89.3 cm³/mol. The number of amides is 1. The lowest BCUT2D eigenvalue weighted by Gasteiger charge is -2.43. The van der Waals surface area contributed by atoms with Crippen LogP contribution in [0.4, 0.5) is 10.8 Å². The monoisotopic (exact) mass is 347 g/mol. The highest BCUT2D eigenvalue weighted by Crippen LogP contribution is 2.41. The van der Waals surface area contributed by atoms with Crippen molar-refractivity contribution in [3.8, 4) is 0 Å². The van der Waals surface area contributed by atoms with E-state index in [1.807, 2.05) is 6.92 Å². The molecule has 0 radical (unpaired) electrons. The Balaban J connectivity index is 1.23. The number of fused-ring (bicyclic) bond motifs is 2. The largest absolute Gasteiger partial charge is 0.441 e. The number of piperidine rings is 1. The van der Waals surface area contributed by atoms with Crippen LogP contribution in [0.15, 0.2) is 4.52 Å². The van der Waals surface area contributed by atoms with Crippen molar-refractivity contribution in [1.29, 1.82) is 0 Å². The van der Waals surface area contributed by atoms with Crippen LogP contribution in [0.5, 0.6) is 0 Å². The van der Waals surface area contributed by atoms with E-state index in [-0.39, 0.29) is 11.7 Å². The summed E-state index contributed by atoms with van der Waals surface area (Å²) in [6.07, 6.45) is 5.24. The van der Waals surface area contributed by atoms with Crippen LogP contribution < -0.4 is 10.2 Å². The summed E-state index contributed by atoms with van der Waals surface area (Å²) in [6, 6.07) is 1.80. The minimum absolute atomic E-state index is 0.255. The van der Waals surface area contributed by atoms with Gasteiger partial charge in [-0.25, -0.2) is 4.79 Å². The lowest BCUT2D eigenvalue weighted by molar-refractivity contribution is -0.0159. The topological polar surface area (TPSA) is 83.7 Å². The molecule has 4 aliphatic rings. The Hall–Kier alpha value is -1.83. The van der Waals surface area contributed by atoms with Crippen molar-refractivity contribution in [2.24, 2.45) is 5.92 Å². The molecule has 1 saturated carbocycles. The lowest BCUT2D eigenvalue weighted by Crippen LogP contribution is -2.51. The van der Waals surface area contributed by atoms with E-state index in [1.165, 1.54) is 12.8 Å². The van der Waals surface area contributed by atoms with Crippen molar-refractivity contribution in [3.05, 3.63) is 5.82 Å². The van der Waals surface area contributed by atoms with Gasteiger partial charge in [-0.05, 0) is 32.1 Å². The van der Waals surface area contributed by atoms with Gasteiger partial charge < -0.3 is 19.5 Å². The normalized spacial score (nSPS) is 34.4. The molecule has 3 aliphatic heterocycles. The fourth-order valence-electron chi connectivity index (χ4n) is 5.22. The Labute approximate surface area is 146 Å². The maximum absolute atomic E-state index is 11.4. The van der Waals surface area contributed by atoms with Crippen LogP contribution in [0.2, 0.25) is 0 Å². The SMILES string of the molecule is Cc1noc(N2CC3CC(N4CCC5(CC4)CNC(=O)O5)CC2C3)n1. The van der Waals surface area contributed by atoms with E-state index in [0.29, 0.717) is 36.4 Å². The Morgan fingerprint density at radius 2 is 2.00 bits per heavy atom. The molecule has 136 valence electrons. The third kappa shape index (κ3) is 2.67. The summed E-state index contributed by atoms with van der Waals surface area (Å²) in [5.74, 6) is 1.41. The van der Waals surface area contributed by atoms with Gasteiger partial charge in [-0.15, -0.1) is 0 Å². The van der Waals surface area contributed by atoms with Crippen LogP contribution >= 0.6 is 0 Å². The predicted octanol–water partition coefficient (Wildman–Crippen LogP) is 1.31. The zero-order valence-corrected chi connectivity index (χ0v) is 14.6. The number of likely N-dealkylation sites (tertiary alicyclic amines) is 1.